The number of β-amino-alcohol motifs (C(OH)–C–C–N with tert-alkyl or cyclic N) is 2. The first kappa shape index (κ1) is 23.8. The van der Waals surface area contributed by atoms with Crippen molar-refractivity contribution < 1.29 is 19.8 Å². The van der Waals surface area contributed by atoms with Crippen LogP contribution >= 0.6 is 0 Å². The van der Waals surface area contributed by atoms with E-state index in [1.807, 2.05) is 0 Å². The van der Waals surface area contributed by atoms with Gasteiger partial charge in [0, 0.05) is 78.5 Å². The van der Waals surface area contributed by atoms with Gasteiger partial charge in [-0.15, -0.1) is 0 Å². The molecule has 2 fully saturated rings. The Hall–Kier alpha value is -1.88. The molecule has 0 radical (unpaired) electrons. The van der Waals surface area contributed by atoms with Gasteiger partial charge in [0.2, 0.25) is 0 Å². The van der Waals surface area contributed by atoms with E-state index in [-0.39, 0.29) is 18.4 Å². The van der Waals surface area contributed by atoms with Crippen molar-refractivity contribution in [3.8, 4) is 0 Å². The van der Waals surface area contributed by atoms with Gasteiger partial charge < -0.3 is 15.5 Å². The summed E-state index contributed by atoms with van der Waals surface area (Å²) in [5, 5.41) is 20.7. The topological polar surface area (TPSA) is 99.6 Å². The second kappa shape index (κ2) is 12.2. The van der Waals surface area contributed by atoms with Crippen molar-refractivity contribution in [2.45, 2.75) is 0 Å². The Kier molecular flexibility index (Phi) is 9.38. The highest BCUT2D eigenvalue weighted by molar-refractivity contribution is 6.21. The van der Waals surface area contributed by atoms with Crippen LogP contribution in [0.4, 0.5) is 0 Å². The molecule has 3 aliphatic heterocycles. The smallest absolute Gasteiger partial charge is 0.261 e. The van der Waals surface area contributed by atoms with Gasteiger partial charge in [-0.2, -0.15) is 0 Å². The van der Waals surface area contributed by atoms with Gasteiger partial charge in [0.05, 0.1) is 24.3 Å². The molecule has 0 aliphatic carbocycles. The van der Waals surface area contributed by atoms with E-state index in [1.165, 1.54) is 4.90 Å². The van der Waals surface area contributed by atoms with Crippen LogP contribution in [-0.4, -0.2) is 133 Å². The van der Waals surface area contributed by atoms with E-state index in [9.17, 15) is 9.59 Å². The summed E-state index contributed by atoms with van der Waals surface area (Å²) in [6, 6.07) is 6.99. The summed E-state index contributed by atoms with van der Waals surface area (Å²) in [5.41, 5.74) is 1.03. The van der Waals surface area contributed by atoms with E-state index in [4.69, 9.17) is 10.2 Å². The van der Waals surface area contributed by atoms with Gasteiger partial charge in [-0.1, -0.05) is 12.1 Å². The van der Waals surface area contributed by atoms with Crippen LogP contribution < -0.4 is 5.32 Å². The van der Waals surface area contributed by atoms with E-state index in [1.54, 1.807) is 24.3 Å². The highest BCUT2D eigenvalue weighted by atomic mass is 16.3. The third-order valence-corrected chi connectivity index (χ3v) is 6.03. The number of rotatable bonds is 7. The number of nitrogens with one attached hydrogen (secondary N) is 1. The third kappa shape index (κ3) is 6.55. The normalized spacial score (nSPS) is 20.5. The summed E-state index contributed by atoms with van der Waals surface area (Å²) in [6.07, 6.45) is 0. The van der Waals surface area contributed by atoms with Crippen molar-refractivity contribution in [2.75, 3.05) is 91.8 Å². The number of hydrogen-bond acceptors (Lipinski definition) is 8. The summed E-state index contributed by atoms with van der Waals surface area (Å²) in [6.45, 7) is 11.1. The minimum atomic E-state index is -0.181. The Bertz CT molecular complexity index is 680. The highest BCUT2D eigenvalue weighted by Crippen LogP contribution is 2.22. The van der Waals surface area contributed by atoms with Crippen molar-refractivity contribution in [3.05, 3.63) is 35.4 Å². The molecule has 3 N–H and O–H groups in total. The molecular formula is C22H35N5O4. The predicted molar refractivity (Wildman–Crippen MR) is 118 cm³/mol. The van der Waals surface area contributed by atoms with Crippen LogP contribution in [0.5, 0.6) is 0 Å². The maximum Gasteiger partial charge on any atom is 0.261 e. The van der Waals surface area contributed by atoms with Crippen LogP contribution in [0.1, 0.15) is 20.7 Å². The Labute approximate surface area is 184 Å². The highest BCUT2D eigenvalue weighted by Gasteiger charge is 2.35. The lowest BCUT2D eigenvalue weighted by Gasteiger charge is -2.34. The van der Waals surface area contributed by atoms with E-state index in [0.717, 1.165) is 58.9 Å². The molecule has 9 heteroatoms. The SMILES string of the molecule is O=C1c2ccccc2C(=O)N1CCN1CCN(CCO)CC1.OCCN1CCNCC1. The maximum absolute atomic E-state index is 12.3. The molecule has 31 heavy (non-hydrogen) atoms. The molecule has 0 aromatic heterocycles. The number of carbonyl (C=O) groups is 2. The fraction of sp³-hybridized carbons (Fsp3) is 0.636. The molecule has 3 heterocycles. The number of amides is 2. The third-order valence-electron chi connectivity index (χ3n) is 6.03. The van der Waals surface area contributed by atoms with E-state index < -0.39 is 0 Å². The summed E-state index contributed by atoms with van der Waals surface area (Å²) >= 11 is 0. The van der Waals surface area contributed by atoms with Gasteiger partial charge in [-0.3, -0.25) is 29.2 Å². The fourth-order valence-electron chi connectivity index (χ4n) is 4.14. The Morgan fingerprint density at radius 2 is 1.13 bits per heavy atom. The molecule has 3 aliphatic rings. The average Bonchev–Trinajstić information content (AvgIpc) is 3.05. The Balaban J connectivity index is 0.000000254. The molecule has 0 unspecified atom stereocenters. The van der Waals surface area contributed by atoms with Crippen LogP contribution in [0, 0.1) is 0 Å². The monoisotopic (exact) mass is 433 g/mol. The zero-order chi connectivity index (χ0) is 22.1. The van der Waals surface area contributed by atoms with Gasteiger partial charge in [0.15, 0.2) is 0 Å². The first-order valence-corrected chi connectivity index (χ1v) is 11.2. The predicted octanol–water partition coefficient (Wildman–Crippen LogP) is -1.22. The zero-order valence-corrected chi connectivity index (χ0v) is 18.2. The number of fused-ring (bicyclic) bond motifs is 1. The maximum atomic E-state index is 12.3. The number of carbonyl (C=O) groups excluding carboxylic acids is 2. The number of aliphatic hydroxyl groups is 2. The van der Waals surface area contributed by atoms with Gasteiger partial charge in [0.25, 0.3) is 11.8 Å². The van der Waals surface area contributed by atoms with Crippen molar-refractivity contribution in [1.82, 2.24) is 24.9 Å². The molecule has 0 bridgehead atoms. The molecule has 0 saturated carbocycles. The lowest BCUT2D eigenvalue weighted by Crippen LogP contribution is -2.49. The molecule has 172 valence electrons. The van der Waals surface area contributed by atoms with Gasteiger partial charge in [-0.05, 0) is 12.1 Å². The quantitative estimate of drug-likeness (QED) is 0.460. The van der Waals surface area contributed by atoms with Crippen LogP contribution in [0.2, 0.25) is 0 Å². The van der Waals surface area contributed by atoms with Crippen molar-refractivity contribution >= 4 is 11.8 Å². The number of imide groups is 1. The molecule has 4 rings (SSSR count). The number of piperazine rings is 2. The fourth-order valence-corrected chi connectivity index (χ4v) is 4.14. The van der Waals surface area contributed by atoms with Crippen LogP contribution in [0.3, 0.4) is 0 Å². The molecule has 1 aromatic rings. The van der Waals surface area contributed by atoms with E-state index in [0.29, 0.717) is 37.4 Å². The molecule has 0 atom stereocenters. The lowest BCUT2D eigenvalue weighted by atomic mass is 10.1. The molecule has 0 spiro atoms. The minimum Gasteiger partial charge on any atom is -0.395 e. The molecule has 9 nitrogen and oxygen atoms in total. The van der Waals surface area contributed by atoms with E-state index in [2.05, 4.69) is 20.0 Å². The zero-order valence-electron chi connectivity index (χ0n) is 18.2. The van der Waals surface area contributed by atoms with Crippen molar-refractivity contribution in [1.29, 1.82) is 0 Å². The second-order valence-electron chi connectivity index (χ2n) is 8.03. The Morgan fingerprint density at radius 3 is 1.61 bits per heavy atom. The van der Waals surface area contributed by atoms with E-state index >= 15 is 0 Å². The van der Waals surface area contributed by atoms with Crippen molar-refractivity contribution in [2.24, 2.45) is 0 Å². The first-order valence-electron chi connectivity index (χ1n) is 11.2. The number of benzene rings is 1. The largest absolute Gasteiger partial charge is 0.395 e. The standard InChI is InChI=1S/C16H21N3O3.C6H14N2O/c20-12-11-18-7-5-17(6-8-18)9-10-19-15(21)13-3-1-2-4-14(13)16(19)22;9-6-5-8-3-1-7-2-4-8/h1-4,20H,5-12H2;7,9H,1-6H2. The van der Waals surface area contributed by atoms with Crippen LogP contribution in [0.25, 0.3) is 0 Å². The van der Waals surface area contributed by atoms with Crippen LogP contribution in [0.15, 0.2) is 24.3 Å². The molecular weight excluding hydrogens is 398 g/mol. The molecule has 2 amide bonds. The summed E-state index contributed by atoms with van der Waals surface area (Å²) < 4.78 is 0. The average molecular weight is 434 g/mol. The summed E-state index contributed by atoms with van der Waals surface area (Å²) in [5.74, 6) is -0.362. The first-order chi connectivity index (χ1) is 15.1. The summed E-state index contributed by atoms with van der Waals surface area (Å²) in [7, 11) is 0. The van der Waals surface area contributed by atoms with Crippen molar-refractivity contribution in [3.63, 3.8) is 0 Å². The molecule has 2 saturated heterocycles. The summed E-state index contributed by atoms with van der Waals surface area (Å²) in [4.78, 5) is 32.6. The van der Waals surface area contributed by atoms with Gasteiger partial charge in [-0.25, -0.2) is 0 Å². The number of nitrogens with zero attached hydrogens (tertiary/aromatic N) is 4. The number of aliphatic hydroxyl groups excluding tert-OH is 2. The van der Waals surface area contributed by atoms with Gasteiger partial charge >= 0.3 is 0 Å². The minimum absolute atomic E-state index is 0.181. The molecule has 1 aromatic carbocycles. The number of hydrogen-bond donors (Lipinski definition) is 3. The lowest BCUT2D eigenvalue weighted by molar-refractivity contribution is 0.0608. The van der Waals surface area contributed by atoms with Crippen LogP contribution in [-0.2, 0) is 0 Å². The van der Waals surface area contributed by atoms with Gasteiger partial charge in [0.1, 0.15) is 0 Å². The Morgan fingerprint density at radius 1 is 0.677 bits per heavy atom. The second-order valence-corrected chi connectivity index (χ2v) is 8.03.